The highest BCUT2D eigenvalue weighted by Crippen LogP contribution is 2.16. The number of thiazole rings is 1. The molecule has 2 heterocycles. The highest BCUT2D eigenvalue weighted by atomic mass is 32.1. The number of nitrogens with zero attached hydrogens (tertiary/aromatic N) is 2. The van der Waals surface area contributed by atoms with E-state index in [-0.39, 0.29) is 18.6 Å². The van der Waals surface area contributed by atoms with Crippen LogP contribution in [-0.4, -0.2) is 53.2 Å². The van der Waals surface area contributed by atoms with Crippen molar-refractivity contribution in [2.24, 2.45) is 0 Å². The maximum atomic E-state index is 11.8. The molecule has 1 aliphatic rings. The van der Waals surface area contributed by atoms with Crippen LogP contribution in [0.5, 0.6) is 0 Å². The van der Waals surface area contributed by atoms with Gasteiger partial charge in [0.05, 0.1) is 6.61 Å². The number of nitrogens with two attached hydrogens (primary N) is 1. The molecular formula is C13H22N4O2S. The second-order valence-corrected chi connectivity index (χ2v) is 5.94. The summed E-state index contributed by atoms with van der Waals surface area (Å²) in [5.41, 5.74) is 5.88. The fraction of sp³-hybridized carbons (Fsp3) is 0.692. The third-order valence-corrected chi connectivity index (χ3v) is 4.30. The van der Waals surface area contributed by atoms with E-state index in [0.717, 1.165) is 25.9 Å². The Hall–Kier alpha value is -1.18. The molecule has 1 fully saturated rings. The Morgan fingerprint density at radius 3 is 3.15 bits per heavy atom. The average molecular weight is 298 g/mol. The van der Waals surface area contributed by atoms with E-state index in [1.165, 1.54) is 24.2 Å². The summed E-state index contributed by atoms with van der Waals surface area (Å²) in [5.74, 6) is -0.171. The number of rotatable bonds is 6. The fourth-order valence-corrected chi connectivity index (χ4v) is 3.07. The van der Waals surface area contributed by atoms with Crippen molar-refractivity contribution in [1.29, 1.82) is 0 Å². The lowest BCUT2D eigenvalue weighted by molar-refractivity contribution is 0.0867. The smallest absolute Gasteiger partial charge is 0.270 e. The van der Waals surface area contributed by atoms with Gasteiger partial charge in [0.1, 0.15) is 5.69 Å². The third-order valence-electron chi connectivity index (χ3n) is 3.62. The van der Waals surface area contributed by atoms with Crippen LogP contribution < -0.4 is 11.1 Å². The number of piperidine rings is 1. The van der Waals surface area contributed by atoms with Crippen molar-refractivity contribution in [2.45, 2.75) is 31.7 Å². The predicted molar refractivity (Wildman–Crippen MR) is 79.8 cm³/mol. The summed E-state index contributed by atoms with van der Waals surface area (Å²) < 4.78 is 0. The molecule has 1 aliphatic heterocycles. The highest BCUT2D eigenvalue weighted by molar-refractivity contribution is 7.13. The van der Waals surface area contributed by atoms with Gasteiger partial charge in [0.2, 0.25) is 0 Å². The molecule has 0 radical (unpaired) electrons. The number of aliphatic hydroxyl groups excluding tert-OH is 1. The Morgan fingerprint density at radius 2 is 2.45 bits per heavy atom. The van der Waals surface area contributed by atoms with Crippen LogP contribution in [-0.2, 0) is 0 Å². The molecule has 1 unspecified atom stereocenters. The molecular weight excluding hydrogens is 276 g/mol. The topological polar surface area (TPSA) is 91.5 Å². The Bertz CT molecular complexity index is 438. The molecule has 2 rings (SSSR count). The number of aliphatic hydroxyl groups is 1. The first kappa shape index (κ1) is 15.2. The van der Waals surface area contributed by atoms with Crippen LogP contribution in [0.3, 0.4) is 0 Å². The molecule has 6 nitrogen and oxygen atoms in total. The lowest BCUT2D eigenvalue weighted by atomic mass is 10.0. The van der Waals surface area contributed by atoms with Crippen molar-refractivity contribution in [3.8, 4) is 0 Å². The van der Waals surface area contributed by atoms with Crippen LogP contribution in [0, 0.1) is 0 Å². The minimum absolute atomic E-state index is 0.171. The number of carbonyl (C=O) groups excluding carboxylic acids is 1. The molecule has 4 N–H and O–H groups in total. The van der Waals surface area contributed by atoms with E-state index in [0.29, 0.717) is 17.4 Å². The van der Waals surface area contributed by atoms with Gasteiger partial charge < -0.3 is 16.2 Å². The molecule has 0 spiro atoms. The van der Waals surface area contributed by atoms with Crippen molar-refractivity contribution in [2.75, 3.05) is 32.0 Å². The number of nitrogen functional groups attached to an aromatic ring is 1. The molecule has 0 aliphatic carbocycles. The van der Waals surface area contributed by atoms with Crippen LogP contribution in [0.1, 0.15) is 36.2 Å². The number of aromatic nitrogens is 1. The Morgan fingerprint density at radius 1 is 1.60 bits per heavy atom. The second kappa shape index (κ2) is 7.56. The molecule has 20 heavy (non-hydrogen) atoms. The lowest BCUT2D eigenvalue weighted by Gasteiger charge is -2.34. The third kappa shape index (κ3) is 4.16. The molecule has 7 heteroatoms. The highest BCUT2D eigenvalue weighted by Gasteiger charge is 2.20. The van der Waals surface area contributed by atoms with Gasteiger partial charge in [-0.25, -0.2) is 4.98 Å². The SMILES string of the molecule is Nc1nc(C(=O)NCCCN2CCCCC2CO)cs1. The van der Waals surface area contributed by atoms with Crippen LogP contribution in [0.25, 0.3) is 0 Å². The van der Waals surface area contributed by atoms with E-state index in [9.17, 15) is 9.90 Å². The number of amides is 1. The van der Waals surface area contributed by atoms with Gasteiger partial charge in [0.25, 0.3) is 5.91 Å². The monoisotopic (exact) mass is 298 g/mol. The number of hydrogen-bond donors (Lipinski definition) is 3. The van der Waals surface area contributed by atoms with Crippen molar-refractivity contribution in [1.82, 2.24) is 15.2 Å². The molecule has 0 aromatic carbocycles. The van der Waals surface area contributed by atoms with Gasteiger partial charge in [0, 0.05) is 24.5 Å². The minimum atomic E-state index is -0.171. The summed E-state index contributed by atoms with van der Waals surface area (Å²) in [6.07, 6.45) is 4.34. The van der Waals surface area contributed by atoms with Crippen LogP contribution in [0.15, 0.2) is 5.38 Å². The Labute approximate surface area is 123 Å². The summed E-state index contributed by atoms with van der Waals surface area (Å²) in [4.78, 5) is 18.0. The standard InChI is InChI=1S/C13H22N4O2S/c14-13-16-11(9-20-13)12(19)15-5-3-7-17-6-2-1-4-10(17)8-18/h9-10,18H,1-8H2,(H2,14,16)(H,15,19). The first-order valence-electron chi connectivity index (χ1n) is 7.05. The van der Waals surface area contributed by atoms with E-state index >= 15 is 0 Å². The van der Waals surface area contributed by atoms with Crippen molar-refractivity contribution >= 4 is 22.4 Å². The van der Waals surface area contributed by atoms with Gasteiger partial charge in [-0.2, -0.15) is 0 Å². The predicted octanol–water partition coefficient (Wildman–Crippen LogP) is 0.692. The summed E-state index contributed by atoms with van der Waals surface area (Å²) in [7, 11) is 0. The van der Waals surface area contributed by atoms with Crippen LogP contribution in [0.4, 0.5) is 5.13 Å². The molecule has 1 aromatic rings. The van der Waals surface area contributed by atoms with E-state index in [1.54, 1.807) is 5.38 Å². The molecule has 0 saturated carbocycles. The van der Waals surface area contributed by atoms with E-state index in [1.807, 2.05) is 0 Å². The van der Waals surface area contributed by atoms with E-state index in [2.05, 4.69) is 15.2 Å². The summed E-state index contributed by atoms with van der Waals surface area (Å²) in [5, 5.41) is 14.2. The largest absolute Gasteiger partial charge is 0.395 e. The fourth-order valence-electron chi connectivity index (χ4n) is 2.53. The van der Waals surface area contributed by atoms with E-state index in [4.69, 9.17) is 5.73 Å². The first-order chi connectivity index (χ1) is 9.70. The molecule has 0 bridgehead atoms. The molecule has 112 valence electrons. The van der Waals surface area contributed by atoms with Gasteiger partial charge in [-0.15, -0.1) is 11.3 Å². The van der Waals surface area contributed by atoms with Gasteiger partial charge in [-0.05, 0) is 25.8 Å². The number of likely N-dealkylation sites (tertiary alicyclic amines) is 1. The zero-order valence-corrected chi connectivity index (χ0v) is 12.4. The van der Waals surface area contributed by atoms with Gasteiger partial charge in [-0.1, -0.05) is 6.42 Å². The van der Waals surface area contributed by atoms with E-state index < -0.39 is 0 Å². The zero-order valence-electron chi connectivity index (χ0n) is 11.5. The molecule has 1 saturated heterocycles. The molecule has 1 aromatic heterocycles. The maximum absolute atomic E-state index is 11.8. The average Bonchev–Trinajstić information content (AvgIpc) is 2.90. The van der Waals surface area contributed by atoms with Crippen molar-refractivity contribution < 1.29 is 9.90 Å². The normalized spacial score (nSPS) is 19.9. The molecule has 1 amide bonds. The number of anilines is 1. The Kier molecular flexibility index (Phi) is 5.75. The quantitative estimate of drug-likeness (QED) is 0.672. The van der Waals surface area contributed by atoms with Crippen LogP contribution >= 0.6 is 11.3 Å². The zero-order chi connectivity index (χ0) is 14.4. The van der Waals surface area contributed by atoms with Gasteiger partial charge in [0.15, 0.2) is 5.13 Å². The molecule has 1 atom stereocenters. The number of nitrogens with one attached hydrogen (secondary N) is 1. The summed E-state index contributed by atoms with van der Waals surface area (Å²) >= 11 is 1.27. The maximum Gasteiger partial charge on any atom is 0.270 e. The Balaban J connectivity index is 1.67. The van der Waals surface area contributed by atoms with Crippen LogP contribution in [0.2, 0.25) is 0 Å². The first-order valence-corrected chi connectivity index (χ1v) is 7.93. The lowest BCUT2D eigenvalue weighted by Crippen LogP contribution is -2.43. The summed E-state index contributed by atoms with van der Waals surface area (Å²) in [6.45, 7) is 2.79. The number of hydrogen-bond acceptors (Lipinski definition) is 6. The van der Waals surface area contributed by atoms with Crippen molar-refractivity contribution in [3.05, 3.63) is 11.1 Å². The van der Waals surface area contributed by atoms with Gasteiger partial charge in [-0.3, -0.25) is 9.69 Å². The van der Waals surface area contributed by atoms with Crippen molar-refractivity contribution in [3.63, 3.8) is 0 Å². The second-order valence-electron chi connectivity index (χ2n) is 5.05. The number of carbonyl (C=O) groups is 1. The van der Waals surface area contributed by atoms with Gasteiger partial charge >= 0.3 is 0 Å². The minimum Gasteiger partial charge on any atom is -0.395 e. The summed E-state index contributed by atoms with van der Waals surface area (Å²) in [6, 6.07) is 0.290.